The quantitative estimate of drug-likeness (QED) is 0.393. The number of carbonyl (C=O) groups is 2. The van der Waals surface area contributed by atoms with E-state index >= 15 is 0 Å². The summed E-state index contributed by atoms with van der Waals surface area (Å²) in [6.45, 7) is 1.74. The number of phenolic OH excluding ortho intramolecular Hbond substituents is 1. The summed E-state index contributed by atoms with van der Waals surface area (Å²) in [6.07, 6.45) is 0. The van der Waals surface area contributed by atoms with Crippen molar-refractivity contribution in [2.24, 2.45) is 0 Å². The Bertz CT molecular complexity index is 1330. The van der Waals surface area contributed by atoms with Crippen LogP contribution in [0.15, 0.2) is 65.6 Å². The van der Waals surface area contributed by atoms with E-state index in [1.165, 1.54) is 37.4 Å². The molecule has 0 aliphatic carbocycles. The lowest BCUT2D eigenvalue weighted by Gasteiger charge is -2.14. The van der Waals surface area contributed by atoms with Gasteiger partial charge in [0.25, 0.3) is 21.8 Å². The van der Waals surface area contributed by atoms with Gasteiger partial charge in [-0.25, -0.2) is 8.42 Å². The highest BCUT2D eigenvalue weighted by atomic mass is 35.5. The molecule has 3 aromatic rings. The number of halogens is 1. The van der Waals surface area contributed by atoms with Crippen molar-refractivity contribution in [1.29, 1.82) is 0 Å². The number of sulfonamides is 1. The second-order valence-electron chi connectivity index (χ2n) is 6.88. The van der Waals surface area contributed by atoms with Gasteiger partial charge in [0, 0.05) is 5.56 Å². The molecule has 0 aliphatic rings. The van der Waals surface area contributed by atoms with Gasteiger partial charge in [-0.2, -0.15) is 0 Å². The Labute approximate surface area is 195 Å². The van der Waals surface area contributed by atoms with E-state index in [1.54, 1.807) is 31.2 Å². The van der Waals surface area contributed by atoms with Crippen LogP contribution >= 0.6 is 11.6 Å². The Morgan fingerprint density at radius 2 is 1.67 bits per heavy atom. The Balaban J connectivity index is 1.79. The fourth-order valence-corrected chi connectivity index (χ4v) is 4.46. The largest absolute Gasteiger partial charge is 0.507 e. The molecule has 0 fully saturated rings. The molecular weight excluding hydrogens is 470 g/mol. The van der Waals surface area contributed by atoms with Gasteiger partial charge in [0.15, 0.2) is 0 Å². The fourth-order valence-electron chi connectivity index (χ4n) is 2.86. The minimum Gasteiger partial charge on any atom is -0.507 e. The van der Waals surface area contributed by atoms with E-state index in [2.05, 4.69) is 15.6 Å². The molecular formula is C22H20ClN3O6S. The molecule has 0 aromatic heterocycles. The zero-order valence-electron chi connectivity index (χ0n) is 17.5. The van der Waals surface area contributed by atoms with E-state index < -0.39 is 21.8 Å². The monoisotopic (exact) mass is 489 g/mol. The predicted octanol–water partition coefficient (Wildman–Crippen LogP) is 3.24. The summed E-state index contributed by atoms with van der Waals surface area (Å²) >= 11 is 6.09. The number of hydrogen-bond donors (Lipinski definition) is 4. The molecule has 0 unspecified atom stereocenters. The average Bonchev–Trinajstić information content (AvgIpc) is 2.79. The SMILES string of the molecule is COc1ccccc1NS(=O)(=O)c1cc(C(=O)NNC(=O)c2cc(C)ccc2O)ccc1Cl. The fraction of sp³-hybridized carbons (Fsp3) is 0.0909. The van der Waals surface area contributed by atoms with E-state index in [1.807, 2.05) is 0 Å². The minimum atomic E-state index is -4.18. The van der Waals surface area contributed by atoms with Crippen LogP contribution in [0.25, 0.3) is 0 Å². The first-order valence-corrected chi connectivity index (χ1v) is 11.3. The van der Waals surface area contributed by atoms with Gasteiger partial charge in [-0.15, -0.1) is 0 Å². The third kappa shape index (κ3) is 5.54. The van der Waals surface area contributed by atoms with Crippen molar-refractivity contribution in [2.75, 3.05) is 11.8 Å². The molecule has 0 heterocycles. The van der Waals surface area contributed by atoms with Crippen LogP contribution in [0.2, 0.25) is 5.02 Å². The first-order chi connectivity index (χ1) is 15.6. The van der Waals surface area contributed by atoms with Gasteiger partial charge in [-0.3, -0.25) is 25.2 Å². The lowest BCUT2D eigenvalue weighted by Crippen LogP contribution is -2.41. The Hall–Kier alpha value is -3.76. The van der Waals surface area contributed by atoms with Crippen molar-refractivity contribution in [3.8, 4) is 11.5 Å². The molecule has 172 valence electrons. The number of hydrogen-bond acceptors (Lipinski definition) is 6. The molecule has 3 rings (SSSR count). The highest BCUT2D eigenvalue weighted by Crippen LogP contribution is 2.29. The summed E-state index contributed by atoms with van der Waals surface area (Å²) in [5.41, 5.74) is 5.18. The van der Waals surface area contributed by atoms with Crippen molar-refractivity contribution < 1.29 is 27.9 Å². The van der Waals surface area contributed by atoms with Crippen molar-refractivity contribution in [3.05, 3.63) is 82.4 Å². The van der Waals surface area contributed by atoms with Crippen LogP contribution in [0.4, 0.5) is 5.69 Å². The maximum atomic E-state index is 12.9. The highest BCUT2D eigenvalue weighted by molar-refractivity contribution is 7.92. The van der Waals surface area contributed by atoms with Gasteiger partial charge < -0.3 is 9.84 Å². The number of hydrazine groups is 1. The number of aryl methyl sites for hydroxylation is 1. The number of benzene rings is 3. The van der Waals surface area contributed by atoms with Gasteiger partial charge in [-0.05, 0) is 49.4 Å². The van der Waals surface area contributed by atoms with E-state index in [-0.39, 0.29) is 32.5 Å². The summed E-state index contributed by atoms with van der Waals surface area (Å²) in [7, 11) is -2.78. The summed E-state index contributed by atoms with van der Waals surface area (Å²) in [6, 6.07) is 14.5. The van der Waals surface area contributed by atoms with Crippen LogP contribution in [0.3, 0.4) is 0 Å². The number of rotatable bonds is 6. The topological polar surface area (TPSA) is 134 Å². The van der Waals surface area contributed by atoms with Crippen LogP contribution in [0.1, 0.15) is 26.3 Å². The standard InChI is InChI=1S/C22H20ClN3O6S/c1-13-7-10-18(27)15(11-13)22(29)25-24-21(28)14-8-9-16(23)20(12-14)33(30,31)26-17-5-3-4-6-19(17)32-2/h3-12,26-27H,1-2H3,(H,24,28)(H,25,29). The Morgan fingerprint density at radius 3 is 2.39 bits per heavy atom. The molecule has 11 heteroatoms. The Morgan fingerprint density at radius 1 is 0.970 bits per heavy atom. The molecule has 0 atom stereocenters. The lowest BCUT2D eigenvalue weighted by molar-refractivity contribution is 0.0845. The zero-order chi connectivity index (χ0) is 24.2. The van der Waals surface area contributed by atoms with E-state index in [0.717, 1.165) is 11.6 Å². The highest BCUT2D eigenvalue weighted by Gasteiger charge is 2.22. The van der Waals surface area contributed by atoms with Gasteiger partial charge in [-0.1, -0.05) is 35.4 Å². The molecule has 0 saturated heterocycles. The van der Waals surface area contributed by atoms with Gasteiger partial charge in [0.05, 0.1) is 23.4 Å². The predicted molar refractivity (Wildman–Crippen MR) is 123 cm³/mol. The van der Waals surface area contributed by atoms with Gasteiger partial charge in [0.2, 0.25) is 0 Å². The number of anilines is 1. The van der Waals surface area contributed by atoms with Crippen LogP contribution in [0, 0.1) is 6.92 Å². The normalized spacial score (nSPS) is 10.9. The van der Waals surface area contributed by atoms with Crippen molar-refractivity contribution in [3.63, 3.8) is 0 Å². The second kappa shape index (κ2) is 9.80. The number of para-hydroxylation sites is 2. The number of ether oxygens (including phenoxy) is 1. The molecule has 0 radical (unpaired) electrons. The average molecular weight is 490 g/mol. The number of carbonyl (C=O) groups excluding carboxylic acids is 2. The van der Waals surface area contributed by atoms with Crippen molar-refractivity contribution in [2.45, 2.75) is 11.8 Å². The summed E-state index contributed by atoms with van der Waals surface area (Å²) in [4.78, 5) is 24.4. The molecule has 3 aromatic carbocycles. The van der Waals surface area contributed by atoms with E-state index in [4.69, 9.17) is 16.3 Å². The summed E-state index contributed by atoms with van der Waals surface area (Å²) in [5, 5.41) is 9.72. The molecule has 9 nitrogen and oxygen atoms in total. The third-order valence-corrected chi connectivity index (χ3v) is 6.37. The molecule has 0 saturated carbocycles. The molecule has 4 N–H and O–H groups in total. The molecule has 0 bridgehead atoms. The number of methoxy groups -OCH3 is 1. The van der Waals surface area contributed by atoms with Crippen LogP contribution in [-0.4, -0.2) is 32.4 Å². The van der Waals surface area contributed by atoms with Crippen molar-refractivity contribution in [1.82, 2.24) is 10.9 Å². The first kappa shape index (κ1) is 23.9. The first-order valence-electron chi connectivity index (χ1n) is 9.48. The maximum absolute atomic E-state index is 12.9. The summed E-state index contributed by atoms with van der Waals surface area (Å²) in [5.74, 6) is -1.49. The van der Waals surface area contributed by atoms with Gasteiger partial charge >= 0.3 is 0 Å². The van der Waals surface area contributed by atoms with Crippen LogP contribution in [0.5, 0.6) is 11.5 Å². The van der Waals surface area contributed by atoms with Crippen molar-refractivity contribution >= 4 is 39.1 Å². The third-order valence-electron chi connectivity index (χ3n) is 4.52. The number of aromatic hydroxyl groups is 1. The summed E-state index contributed by atoms with van der Waals surface area (Å²) < 4.78 is 33.3. The smallest absolute Gasteiger partial charge is 0.273 e. The lowest BCUT2D eigenvalue weighted by atomic mass is 10.1. The van der Waals surface area contributed by atoms with Crippen LogP contribution < -0.4 is 20.3 Å². The number of amides is 2. The van der Waals surface area contributed by atoms with Gasteiger partial charge in [0.1, 0.15) is 16.4 Å². The van der Waals surface area contributed by atoms with E-state index in [0.29, 0.717) is 5.75 Å². The molecule has 0 spiro atoms. The Kier molecular flexibility index (Phi) is 7.10. The molecule has 2 amide bonds. The number of phenols is 1. The molecule has 0 aliphatic heterocycles. The number of nitrogens with one attached hydrogen (secondary N) is 3. The second-order valence-corrected chi connectivity index (χ2v) is 8.94. The van der Waals surface area contributed by atoms with E-state index in [9.17, 15) is 23.1 Å². The zero-order valence-corrected chi connectivity index (χ0v) is 19.1. The molecule has 33 heavy (non-hydrogen) atoms. The minimum absolute atomic E-state index is 0.0318. The van der Waals surface area contributed by atoms with Crippen LogP contribution in [-0.2, 0) is 10.0 Å². The maximum Gasteiger partial charge on any atom is 0.273 e.